The van der Waals surface area contributed by atoms with Crippen LogP contribution in [0, 0.1) is 25.2 Å². The van der Waals surface area contributed by atoms with E-state index in [1.807, 2.05) is 0 Å². The molecule has 5 fully saturated rings. The van der Waals surface area contributed by atoms with Crippen LogP contribution < -0.4 is 10.2 Å². The second-order valence-electron chi connectivity index (χ2n) is 9.79. The summed E-state index contributed by atoms with van der Waals surface area (Å²) in [6.45, 7) is 9.01. The van der Waals surface area contributed by atoms with Crippen LogP contribution in [0.25, 0.3) is 0 Å². The van der Waals surface area contributed by atoms with Crippen molar-refractivity contribution in [1.82, 2.24) is 4.90 Å². The standard InChI is InChI=1S/C23H33N3O/c1-16-9-20(26-8-7-25-6-4-3-5-19(25)15-26)10-17(2)22(16)24-21(27)14-23-11-18(12-23)13-23/h9-10,18-19H,3-8,11-15H2,1-2H3,(H,24,27)/t18?,19-,23?/m0/s1. The van der Waals surface area contributed by atoms with E-state index in [4.69, 9.17) is 0 Å². The Labute approximate surface area is 163 Å². The Balaban J connectivity index is 1.27. The van der Waals surface area contributed by atoms with Gasteiger partial charge in [-0.25, -0.2) is 0 Å². The minimum Gasteiger partial charge on any atom is -0.369 e. The fourth-order valence-corrected chi connectivity index (χ4v) is 6.11. The molecule has 2 heterocycles. The lowest BCUT2D eigenvalue weighted by Crippen LogP contribution is -2.54. The number of carbonyl (C=O) groups is 1. The fourth-order valence-electron chi connectivity index (χ4n) is 6.11. The van der Waals surface area contributed by atoms with Gasteiger partial charge >= 0.3 is 0 Å². The van der Waals surface area contributed by atoms with Crippen LogP contribution in [0.3, 0.4) is 0 Å². The monoisotopic (exact) mass is 367 g/mol. The summed E-state index contributed by atoms with van der Waals surface area (Å²) >= 11 is 0. The van der Waals surface area contributed by atoms with Gasteiger partial charge in [-0.05, 0) is 87.1 Å². The number of amides is 1. The van der Waals surface area contributed by atoms with Crippen LogP contribution in [0.15, 0.2) is 12.1 Å². The second-order valence-corrected chi connectivity index (χ2v) is 9.79. The van der Waals surface area contributed by atoms with Gasteiger partial charge in [0, 0.05) is 43.5 Å². The molecule has 0 aromatic heterocycles. The Morgan fingerprint density at radius 2 is 1.85 bits per heavy atom. The summed E-state index contributed by atoms with van der Waals surface area (Å²) in [6.07, 6.45) is 8.64. The van der Waals surface area contributed by atoms with Crippen LogP contribution in [0.1, 0.15) is 56.1 Å². The zero-order valence-electron chi connectivity index (χ0n) is 16.9. The highest BCUT2D eigenvalue weighted by Crippen LogP contribution is 2.66. The topological polar surface area (TPSA) is 35.6 Å². The lowest BCUT2D eigenvalue weighted by Gasteiger charge is -2.61. The van der Waals surface area contributed by atoms with E-state index in [-0.39, 0.29) is 5.91 Å². The third-order valence-electron chi connectivity index (χ3n) is 7.68. The molecule has 1 aromatic rings. The Morgan fingerprint density at radius 1 is 1.11 bits per heavy atom. The number of nitrogens with one attached hydrogen (secondary N) is 1. The van der Waals surface area contributed by atoms with Gasteiger partial charge in [-0.1, -0.05) is 6.42 Å². The van der Waals surface area contributed by atoms with E-state index in [0.29, 0.717) is 11.8 Å². The van der Waals surface area contributed by atoms with Crippen molar-refractivity contribution in [3.8, 4) is 0 Å². The van der Waals surface area contributed by atoms with E-state index >= 15 is 0 Å². The predicted molar refractivity (Wildman–Crippen MR) is 110 cm³/mol. The number of fused-ring (bicyclic) bond motifs is 1. The van der Waals surface area contributed by atoms with Crippen molar-refractivity contribution in [2.75, 3.05) is 36.4 Å². The molecule has 1 atom stereocenters. The van der Waals surface area contributed by atoms with Crippen LogP contribution in [-0.2, 0) is 4.79 Å². The summed E-state index contributed by atoms with van der Waals surface area (Å²) in [4.78, 5) is 17.8. The molecule has 2 saturated heterocycles. The van der Waals surface area contributed by atoms with Gasteiger partial charge in [0.15, 0.2) is 0 Å². The number of rotatable bonds is 4. The number of piperazine rings is 1. The lowest BCUT2D eigenvalue weighted by molar-refractivity contribution is -0.139. The van der Waals surface area contributed by atoms with E-state index < -0.39 is 0 Å². The molecule has 0 unspecified atom stereocenters. The quantitative estimate of drug-likeness (QED) is 0.870. The molecule has 4 heteroatoms. The molecule has 6 rings (SSSR count). The van der Waals surface area contributed by atoms with Gasteiger partial charge in [-0.15, -0.1) is 0 Å². The molecule has 1 aromatic carbocycles. The summed E-state index contributed by atoms with van der Waals surface area (Å²) < 4.78 is 0. The first-order valence-corrected chi connectivity index (χ1v) is 10.9. The molecule has 0 spiro atoms. The molecule has 2 bridgehead atoms. The number of hydrogen-bond donors (Lipinski definition) is 1. The maximum Gasteiger partial charge on any atom is 0.224 e. The van der Waals surface area contributed by atoms with Crippen molar-refractivity contribution in [1.29, 1.82) is 0 Å². The minimum absolute atomic E-state index is 0.211. The molecular weight excluding hydrogens is 334 g/mol. The van der Waals surface area contributed by atoms with Crippen molar-refractivity contribution in [2.45, 2.75) is 64.8 Å². The number of piperidine rings is 1. The zero-order chi connectivity index (χ0) is 18.6. The third-order valence-corrected chi connectivity index (χ3v) is 7.68. The molecule has 5 aliphatic rings. The van der Waals surface area contributed by atoms with Gasteiger partial charge in [-0.3, -0.25) is 9.69 Å². The van der Waals surface area contributed by atoms with Gasteiger partial charge in [0.25, 0.3) is 0 Å². The summed E-state index contributed by atoms with van der Waals surface area (Å²) in [5.41, 5.74) is 5.12. The largest absolute Gasteiger partial charge is 0.369 e. The maximum absolute atomic E-state index is 12.6. The van der Waals surface area contributed by atoms with Gasteiger partial charge < -0.3 is 10.2 Å². The normalized spacial score (nSPS) is 32.3. The summed E-state index contributed by atoms with van der Waals surface area (Å²) in [5.74, 6) is 1.15. The SMILES string of the molecule is Cc1cc(N2CCN3CCCC[C@H]3C2)cc(C)c1NC(=O)CC12CC(C1)C2. The van der Waals surface area contributed by atoms with Crippen molar-refractivity contribution in [3.05, 3.63) is 23.3 Å². The van der Waals surface area contributed by atoms with Crippen molar-refractivity contribution < 1.29 is 4.79 Å². The number of nitrogens with zero attached hydrogens (tertiary/aromatic N) is 2. The summed E-state index contributed by atoms with van der Waals surface area (Å²) in [7, 11) is 0. The molecule has 3 saturated carbocycles. The second kappa shape index (κ2) is 6.51. The van der Waals surface area contributed by atoms with Gasteiger partial charge in [0.2, 0.25) is 5.91 Å². The molecule has 27 heavy (non-hydrogen) atoms. The first kappa shape index (κ1) is 17.5. The minimum atomic E-state index is 0.211. The van der Waals surface area contributed by atoms with Crippen molar-refractivity contribution in [2.24, 2.45) is 11.3 Å². The Hall–Kier alpha value is -1.55. The lowest BCUT2D eigenvalue weighted by atomic mass is 9.43. The zero-order valence-corrected chi connectivity index (χ0v) is 16.9. The Bertz CT molecular complexity index is 718. The highest BCUT2D eigenvalue weighted by Gasteiger charge is 2.56. The molecular formula is C23H33N3O. The number of aryl methyl sites for hydroxylation is 2. The van der Waals surface area contributed by atoms with E-state index in [0.717, 1.165) is 30.7 Å². The molecule has 4 nitrogen and oxygen atoms in total. The van der Waals surface area contributed by atoms with E-state index in [2.05, 4.69) is 41.1 Å². The first-order valence-electron chi connectivity index (χ1n) is 10.9. The van der Waals surface area contributed by atoms with Crippen LogP contribution in [0.4, 0.5) is 11.4 Å². The van der Waals surface area contributed by atoms with Gasteiger partial charge in [0.05, 0.1) is 0 Å². The highest BCUT2D eigenvalue weighted by atomic mass is 16.1. The Kier molecular flexibility index (Phi) is 4.23. The van der Waals surface area contributed by atoms with Crippen LogP contribution in [0.5, 0.6) is 0 Å². The molecule has 1 N–H and O–H groups in total. The van der Waals surface area contributed by atoms with E-state index in [1.165, 1.54) is 68.4 Å². The van der Waals surface area contributed by atoms with Crippen LogP contribution >= 0.6 is 0 Å². The van der Waals surface area contributed by atoms with E-state index in [9.17, 15) is 4.79 Å². The number of benzene rings is 1. The average Bonchev–Trinajstić information content (AvgIpc) is 2.59. The third kappa shape index (κ3) is 3.16. The summed E-state index contributed by atoms with van der Waals surface area (Å²) in [5, 5.41) is 3.24. The van der Waals surface area contributed by atoms with Crippen LogP contribution in [0.2, 0.25) is 0 Å². The number of carbonyl (C=O) groups excluding carboxylic acids is 1. The van der Waals surface area contributed by atoms with E-state index in [1.54, 1.807) is 0 Å². The molecule has 3 aliphatic carbocycles. The maximum atomic E-state index is 12.6. The molecule has 2 aliphatic heterocycles. The van der Waals surface area contributed by atoms with Gasteiger partial charge in [0.1, 0.15) is 0 Å². The smallest absolute Gasteiger partial charge is 0.224 e. The molecule has 0 radical (unpaired) electrons. The predicted octanol–water partition coefficient (Wildman–Crippen LogP) is 4.11. The van der Waals surface area contributed by atoms with Crippen LogP contribution in [-0.4, -0.2) is 43.0 Å². The van der Waals surface area contributed by atoms with Gasteiger partial charge in [-0.2, -0.15) is 0 Å². The van der Waals surface area contributed by atoms with Crippen molar-refractivity contribution in [3.63, 3.8) is 0 Å². The molecule has 146 valence electrons. The number of anilines is 2. The Morgan fingerprint density at radius 3 is 2.52 bits per heavy atom. The highest BCUT2D eigenvalue weighted by molar-refractivity contribution is 5.93. The average molecular weight is 368 g/mol. The fraction of sp³-hybridized carbons (Fsp3) is 0.696. The summed E-state index contributed by atoms with van der Waals surface area (Å²) in [6, 6.07) is 5.28. The number of hydrogen-bond acceptors (Lipinski definition) is 3. The first-order chi connectivity index (χ1) is 13.0. The van der Waals surface area contributed by atoms with Crippen molar-refractivity contribution >= 4 is 17.3 Å². The molecule has 1 amide bonds.